The summed E-state index contributed by atoms with van der Waals surface area (Å²) in [6.07, 6.45) is 11.5. The maximum atomic E-state index is 5.92. The van der Waals surface area contributed by atoms with Crippen LogP contribution in [0.3, 0.4) is 0 Å². The highest BCUT2D eigenvalue weighted by atomic mass is 127. The number of aliphatic imine (C=N–C) groups is 1. The number of aromatic nitrogens is 2. The Bertz CT molecular complexity index is 393. The maximum Gasteiger partial charge on any atom is 0.189 e. The van der Waals surface area contributed by atoms with Crippen molar-refractivity contribution in [2.24, 2.45) is 17.8 Å². The van der Waals surface area contributed by atoms with E-state index in [1.165, 1.54) is 38.5 Å². The van der Waals surface area contributed by atoms with Crippen molar-refractivity contribution in [3.8, 4) is 0 Å². The summed E-state index contributed by atoms with van der Waals surface area (Å²) in [5, 5.41) is 7.45. The standard InChI is InChI=1S/C13H23N5.HI/c1-18-10-11(9-16-18)8-15-13(14)17-12-6-4-2-3-5-7-12;/h9-10,12H,2-8H2,1H3,(H3,14,15,17);1H. The Kier molecular flexibility index (Phi) is 7.19. The first-order valence-corrected chi connectivity index (χ1v) is 6.78. The van der Waals surface area contributed by atoms with Gasteiger partial charge in [0.15, 0.2) is 5.96 Å². The van der Waals surface area contributed by atoms with Crippen LogP contribution in [0.2, 0.25) is 0 Å². The second kappa shape index (κ2) is 8.39. The Hall–Kier alpha value is -0.790. The number of hydrogen-bond donors (Lipinski definition) is 2. The van der Waals surface area contributed by atoms with E-state index in [1.807, 2.05) is 19.4 Å². The van der Waals surface area contributed by atoms with E-state index in [9.17, 15) is 0 Å². The van der Waals surface area contributed by atoms with E-state index in [2.05, 4.69) is 15.4 Å². The van der Waals surface area contributed by atoms with Crippen LogP contribution in [-0.4, -0.2) is 21.8 Å². The Balaban J connectivity index is 0.00000180. The zero-order valence-corrected chi connectivity index (χ0v) is 13.8. The molecule has 0 aliphatic heterocycles. The molecule has 19 heavy (non-hydrogen) atoms. The molecule has 0 unspecified atom stereocenters. The molecule has 1 aliphatic carbocycles. The fraction of sp³-hybridized carbons (Fsp3) is 0.692. The van der Waals surface area contributed by atoms with Crippen molar-refractivity contribution in [3.05, 3.63) is 18.0 Å². The average Bonchev–Trinajstić information content (AvgIpc) is 2.60. The molecule has 5 nitrogen and oxygen atoms in total. The molecule has 1 aromatic heterocycles. The molecule has 0 bridgehead atoms. The van der Waals surface area contributed by atoms with Gasteiger partial charge in [0.25, 0.3) is 0 Å². The van der Waals surface area contributed by atoms with Gasteiger partial charge in [0.2, 0.25) is 0 Å². The van der Waals surface area contributed by atoms with Gasteiger partial charge < -0.3 is 11.1 Å². The van der Waals surface area contributed by atoms with Crippen LogP contribution in [0.15, 0.2) is 17.4 Å². The normalized spacial score (nSPS) is 17.6. The van der Waals surface area contributed by atoms with Crippen LogP contribution in [-0.2, 0) is 13.6 Å². The van der Waals surface area contributed by atoms with Gasteiger partial charge in [-0.15, -0.1) is 24.0 Å². The summed E-state index contributed by atoms with van der Waals surface area (Å²) in [5.41, 5.74) is 7.01. The van der Waals surface area contributed by atoms with Crippen LogP contribution in [0.4, 0.5) is 0 Å². The number of halogens is 1. The van der Waals surface area contributed by atoms with Crippen molar-refractivity contribution >= 4 is 29.9 Å². The third-order valence-corrected chi connectivity index (χ3v) is 3.40. The summed E-state index contributed by atoms with van der Waals surface area (Å²) in [5.74, 6) is 0.561. The van der Waals surface area contributed by atoms with Gasteiger partial charge in [0.05, 0.1) is 12.7 Å². The van der Waals surface area contributed by atoms with E-state index in [0.717, 1.165) is 5.56 Å². The molecule has 2 rings (SSSR count). The van der Waals surface area contributed by atoms with Crippen LogP contribution in [0.25, 0.3) is 0 Å². The lowest BCUT2D eigenvalue weighted by molar-refractivity contribution is 0.530. The molecule has 0 aromatic carbocycles. The lowest BCUT2D eigenvalue weighted by Crippen LogP contribution is -2.39. The second-order valence-electron chi connectivity index (χ2n) is 5.06. The quantitative estimate of drug-likeness (QED) is 0.367. The van der Waals surface area contributed by atoms with E-state index in [1.54, 1.807) is 4.68 Å². The molecule has 0 atom stereocenters. The summed E-state index contributed by atoms with van der Waals surface area (Å²) in [6.45, 7) is 0.597. The average molecular weight is 377 g/mol. The molecule has 108 valence electrons. The molecule has 6 heteroatoms. The van der Waals surface area contributed by atoms with Crippen LogP contribution < -0.4 is 11.1 Å². The fourth-order valence-electron chi connectivity index (χ4n) is 2.41. The number of nitrogens with two attached hydrogens (primary N) is 1. The molecule has 1 heterocycles. The van der Waals surface area contributed by atoms with Gasteiger partial charge >= 0.3 is 0 Å². The molecule has 0 radical (unpaired) electrons. The van der Waals surface area contributed by atoms with Crippen LogP contribution in [0.5, 0.6) is 0 Å². The highest BCUT2D eigenvalue weighted by Gasteiger charge is 2.12. The first-order chi connectivity index (χ1) is 8.74. The third kappa shape index (κ3) is 5.80. The zero-order valence-electron chi connectivity index (χ0n) is 11.5. The van der Waals surface area contributed by atoms with Gasteiger partial charge in [-0.05, 0) is 12.8 Å². The van der Waals surface area contributed by atoms with Crippen molar-refractivity contribution in [2.75, 3.05) is 0 Å². The number of guanidine groups is 1. The summed E-state index contributed by atoms with van der Waals surface area (Å²) in [6, 6.07) is 0.505. The van der Waals surface area contributed by atoms with Crippen molar-refractivity contribution in [3.63, 3.8) is 0 Å². The monoisotopic (exact) mass is 377 g/mol. The second-order valence-corrected chi connectivity index (χ2v) is 5.06. The molecule has 0 spiro atoms. The van der Waals surface area contributed by atoms with E-state index >= 15 is 0 Å². The molecule has 3 N–H and O–H groups in total. The number of nitrogens with zero attached hydrogens (tertiary/aromatic N) is 3. The summed E-state index contributed by atoms with van der Waals surface area (Å²) in [4.78, 5) is 4.36. The van der Waals surface area contributed by atoms with E-state index in [0.29, 0.717) is 18.5 Å². The van der Waals surface area contributed by atoms with Crippen LogP contribution in [0.1, 0.15) is 44.1 Å². The van der Waals surface area contributed by atoms with E-state index in [-0.39, 0.29) is 24.0 Å². The van der Waals surface area contributed by atoms with Crippen molar-refractivity contribution in [1.82, 2.24) is 15.1 Å². The van der Waals surface area contributed by atoms with Crippen molar-refractivity contribution in [1.29, 1.82) is 0 Å². The number of hydrogen-bond acceptors (Lipinski definition) is 2. The van der Waals surface area contributed by atoms with E-state index < -0.39 is 0 Å². The van der Waals surface area contributed by atoms with Gasteiger partial charge in [-0.1, -0.05) is 25.7 Å². The van der Waals surface area contributed by atoms with Gasteiger partial charge in [-0.25, -0.2) is 4.99 Å². The van der Waals surface area contributed by atoms with Crippen LogP contribution >= 0.6 is 24.0 Å². The van der Waals surface area contributed by atoms with Gasteiger partial charge in [0.1, 0.15) is 0 Å². The summed E-state index contributed by atoms with van der Waals surface area (Å²) < 4.78 is 1.78. The molecular weight excluding hydrogens is 353 g/mol. The number of rotatable bonds is 3. The van der Waals surface area contributed by atoms with Gasteiger partial charge in [-0.3, -0.25) is 4.68 Å². The van der Waals surface area contributed by atoms with Crippen molar-refractivity contribution in [2.45, 2.75) is 51.1 Å². The molecule has 0 amide bonds. The van der Waals surface area contributed by atoms with E-state index in [4.69, 9.17) is 5.73 Å². The Morgan fingerprint density at radius 1 is 1.42 bits per heavy atom. The summed E-state index contributed by atoms with van der Waals surface area (Å²) in [7, 11) is 1.90. The molecule has 1 saturated carbocycles. The first-order valence-electron chi connectivity index (χ1n) is 6.78. The first kappa shape index (κ1) is 16.3. The topological polar surface area (TPSA) is 68.2 Å². The highest BCUT2D eigenvalue weighted by Crippen LogP contribution is 2.16. The predicted octanol–water partition coefficient (Wildman–Crippen LogP) is 2.17. The smallest absolute Gasteiger partial charge is 0.189 e. The SMILES string of the molecule is Cn1cc(CN=C(N)NC2CCCCCC2)cn1.I. The minimum Gasteiger partial charge on any atom is -0.370 e. The molecule has 0 saturated heterocycles. The third-order valence-electron chi connectivity index (χ3n) is 3.40. The maximum absolute atomic E-state index is 5.92. The fourth-order valence-corrected chi connectivity index (χ4v) is 2.41. The highest BCUT2D eigenvalue weighted by molar-refractivity contribution is 14.0. The van der Waals surface area contributed by atoms with Crippen LogP contribution in [0, 0.1) is 0 Å². The largest absolute Gasteiger partial charge is 0.370 e. The Morgan fingerprint density at radius 2 is 2.11 bits per heavy atom. The minimum atomic E-state index is 0. The van der Waals surface area contributed by atoms with Gasteiger partial charge in [0, 0.05) is 24.8 Å². The lowest BCUT2D eigenvalue weighted by Gasteiger charge is -2.16. The molecule has 1 fully saturated rings. The minimum absolute atomic E-state index is 0. The lowest BCUT2D eigenvalue weighted by atomic mass is 10.1. The van der Waals surface area contributed by atoms with Gasteiger partial charge in [-0.2, -0.15) is 5.10 Å². The number of aryl methyl sites for hydroxylation is 1. The molecule has 1 aromatic rings. The summed E-state index contributed by atoms with van der Waals surface area (Å²) >= 11 is 0. The predicted molar refractivity (Wildman–Crippen MR) is 88.6 cm³/mol. The Morgan fingerprint density at radius 3 is 2.68 bits per heavy atom. The van der Waals surface area contributed by atoms with Crippen molar-refractivity contribution < 1.29 is 0 Å². The molecule has 1 aliphatic rings. The number of nitrogens with one attached hydrogen (secondary N) is 1. The molecular formula is C13H24IN5. The Labute approximate surface area is 132 Å². The zero-order chi connectivity index (χ0) is 12.8.